The standard InChI is InChI=1S/C18H10Cl2N4OS/c1-9-4-2-3-5-14(9)25-17-10(8-21)16(22)24-13-6-11(19)12(20)7-15(13)26-18(24)23-17/h2-7,22H,1H3. The highest BCUT2D eigenvalue weighted by atomic mass is 35.5. The number of nitrogens with one attached hydrogen (secondary N) is 1. The molecular formula is C18H10Cl2N4OS. The minimum absolute atomic E-state index is 0.00859. The van der Waals surface area contributed by atoms with E-state index >= 15 is 0 Å². The van der Waals surface area contributed by atoms with Crippen LogP contribution in [0.25, 0.3) is 15.2 Å². The zero-order chi connectivity index (χ0) is 18.4. The normalized spacial score (nSPS) is 11.0. The molecule has 0 saturated carbocycles. The zero-order valence-electron chi connectivity index (χ0n) is 13.4. The number of aryl methyl sites for hydroxylation is 1. The summed E-state index contributed by atoms with van der Waals surface area (Å²) in [5, 5.41) is 18.8. The molecule has 4 rings (SSSR count). The van der Waals surface area contributed by atoms with Crippen LogP contribution in [-0.4, -0.2) is 9.38 Å². The van der Waals surface area contributed by atoms with Crippen molar-refractivity contribution >= 4 is 49.7 Å². The highest BCUT2D eigenvalue weighted by Gasteiger charge is 2.17. The lowest BCUT2D eigenvalue weighted by Crippen LogP contribution is -2.18. The van der Waals surface area contributed by atoms with Gasteiger partial charge in [-0.3, -0.25) is 9.81 Å². The number of rotatable bonds is 2. The van der Waals surface area contributed by atoms with Gasteiger partial charge in [0.2, 0.25) is 5.88 Å². The topological polar surface area (TPSA) is 74.2 Å². The second-order valence-corrected chi connectivity index (χ2v) is 7.40. The Labute approximate surface area is 162 Å². The maximum Gasteiger partial charge on any atom is 0.243 e. The molecule has 0 saturated heterocycles. The third-order valence-electron chi connectivity index (χ3n) is 3.92. The largest absolute Gasteiger partial charge is 0.437 e. The summed E-state index contributed by atoms with van der Waals surface area (Å²) < 4.78 is 8.24. The number of ether oxygens (including phenoxy) is 1. The summed E-state index contributed by atoms with van der Waals surface area (Å²) in [6, 6.07) is 12.9. The van der Waals surface area contributed by atoms with Crippen LogP contribution in [0, 0.1) is 23.7 Å². The van der Waals surface area contributed by atoms with Crippen molar-refractivity contribution in [2.24, 2.45) is 0 Å². The summed E-state index contributed by atoms with van der Waals surface area (Å²) in [7, 11) is 0. The Bertz CT molecular complexity index is 1290. The van der Waals surface area contributed by atoms with Crippen molar-refractivity contribution in [3.05, 3.63) is 63.1 Å². The van der Waals surface area contributed by atoms with Crippen molar-refractivity contribution in [2.75, 3.05) is 0 Å². The summed E-state index contributed by atoms with van der Waals surface area (Å²) >= 11 is 13.6. The van der Waals surface area contributed by atoms with Crippen LogP contribution in [0.5, 0.6) is 11.6 Å². The van der Waals surface area contributed by atoms with Gasteiger partial charge in [-0.1, -0.05) is 52.7 Å². The number of aromatic nitrogens is 2. The summed E-state index contributed by atoms with van der Waals surface area (Å²) in [6.45, 7) is 1.90. The average molecular weight is 401 g/mol. The van der Waals surface area contributed by atoms with Gasteiger partial charge >= 0.3 is 0 Å². The fourth-order valence-corrected chi connectivity index (χ4v) is 4.04. The first-order valence-corrected chi connectivity index (χ1v) is 9.09. The third-order valence-corrected chi connectivity index (χ3v) is 5.64. The number of nitriles is 1. The third kappa shape index (κ3) is 2.61. The van der Waals surface area contributed by atoms with Crippen molar-refractivity contribution in [2.45, 2.75) is 6.92 Å². The number of halogens is 2. The van der Waals surface area contributed by atoms with Crippen LogP contribution in [0.1, 0.15) is 11.1 Å². The van der Waals surface area contributed by atoms with Crippen molar-refractivity contribution in [3.63, 3.8) is 0 Å². The van der Waals surface area contributed by atoms with E-state index in [1.807, 2.05) is 31.2 Å². The Morgan fingerprint density at radius 2 is 1.96 bits per heavy atom. The summed E-state index contributed by atoms with van der Waals surface area (Å²) in [5.41, 5.74) is 1.63. The predicted octanol–water partition coefficient (Wildman–Crippen LogP) is 5.31. The summed E-state index contributed by atoms with van der Waals surface area (Å²) in [6.07, 6.45) is 0. The van der Waals surface area contributed by atoms with Crippen molar-refractivity contribution < 1.29 is 4.74 Å². The molecule has 0 aliphatic heterocycles. The van der Waals surface area contributed by atoms with Crippen LogP contribution < -0.4 is 10.2 Å². The summed E-state index contributed by atoms with van der Waals surface area (Å²) in [5.74, 6) is 0.697. The molecule has 2 aromatic heterocycles. The first kappa shape index (κ1) is 16.9. The molecule has 128 valence electrons. The van der Waals surface area contributed by atoms with E-state index in [0.29, 0.717) is 26.3 Å². The summed E-state index contributed by atoms with van der Waals surface area (Å²) in [4.78, 5) is 4.99. The molecule has 0 radical (unpaired) electrons. The Morgan fingerprint density at radius 3 is 2.69 bits per heavy atom. The highest BCUT2D eigenvalue weighted by Crippen LogP contribution is 2.33. The highest BCUT2D eigenvalue weighted by molar-refractivity contribution is 7.23. The van der Waals surface area contributed by atoms with Gasteiger partial charge in [-0.2, -0.15) is 10.2 Å². The number of thiazole rings is 1. The van der Waals surface area contributed by atoms with Gasteiger partial charge in [0, 0.05) is 0 Å². The molecule has 4 aromatic rings. The van der Waals surface area contributed by atoms with Gasteiger partial charge in [0.15, 0.2) is 16.0 Å². The number of para-hydroxylation sites is 1. The number of benzene rings is 2. The Hall–Kier alpha value is -2.59. The lowest BCUT2D eigenvalue weighted by atomic mass is 10.2. The van der Waals surface area contributed by atoms with Gasteiger partial charge in [-0.05, 0) is 30.7 Å². The van der Waals surface area contributed by atoms with Crippen LogP contribution in [0.2, 0.25) is 10.0 Å². The number of hydrogen-bond donors (Lipinski definition) is 1. The number of nitrogens with zero attached hydrogens (tertiary/aromatic N) is 3. The van der Waals surface area contributed by atoms with Gasteiger partial charge in [0.05, 0.1) is 20.3 Å². The van der Waals surface area contributed by atoms with E-state index in [-0.39, 0.29) is 16.9 Å². The van der Waals surface area contributed by atoms with E-state index in [0.717, 1.165) is 10.3 Å². The van der Waals surface area contributed by atoms with Gasteiger partial charge in [-0.15, -0.1) is 0 Å². The molecule has 8 heteroatoms. The molecular weight excluding hydrogens is 391 g/mol. The van der Waals surface area contributed by atoms with E-state index in [1.54, 1.807) is 22.6 Å². The van der Waals surface area contributed by atoms with E-state index in [2.05, 4.69) is 4.98 Å². The Balaban J connectivity index is 2.01. The van der Waals surface area contributed by atoms with Crippen molar-refractivity contribution in [1.29, 1.82) is 10.7 Å². The van der Waals surface area contributed by atoms with E-state index in [4.69, 9.17) is 33.3 Å². The zero-order valence-corrected chi connectivity index (χ0v) is 15.7. The lowest BCUT2D eigenvalue weighted by molar-refractivity contribution is 0.457. The fourth-order valence-electron chi connectivity index (χ4n) is 2.62. The minimum atomic E-state index is -0.00859. The molecule has 0 aliphatic rings. The van der Waals surface area contributed by atoms with Gasteiger partial charge in [-0.25, -0.2) is 0 Å². The number of fused-ring (bicyclic) bond motifs is 3. The first-order chi connectivity index (χ1) is 12.5. The van der Waals surface area contributed by atoms with E-state index < -0.39 is 0 Å². The molecule has 0 bridgehead atoms. The van der Waals surface area contributed by atoms with Gasteiger partial charge < -0.3 is 4.74 Å². The second-order valence-electron chi connectivity index (χ2n) is 5.57. The first-order valence-electron chi connectivity index (χ1n) is 7.52. The van der Waals surface area contributed by atoms with Crippen molar-refractivity contribution in [1.82, 2.24) is 9.38 Å². The van der Waals surface area contributed by atoms with Crippen LogP contribution >= 0.6 is 34.5 Å². The lowest BCUT2D eigenvalue weighted by Gasteiger charge is -2.09. The molecule has 2 heterocycles. The maximum atomic E-state index is 9.57. The molecule has 5 nitrogen and oxygen atoms in total. The number of hydrogen-bond acceptors (Lipinski definition) is 5. The van der Waals surface area contributed by atoms with Gasteiger partial charge in [0.25, 0.3) is 0 Å². The van der Waals surface area contributed by atoms with Gasteiger partial charge in [0.1, 0.15) is 11.8 Å². The van der Waals surface area contributed by atoms with Crippen LogP contribution in [0.3, 0.4) is 0 Å². The Kier molecular flexibility index (Phi) is 4.08. The molecule has 0 unspecified atom stereocenters. The monoisotopic (exact) mass is 400 g/mol. The Morgan fingerprint density at radius 1 is 1.23 bits per heavy atom. The molecule has 1 N–H and O–H groups in total. The fraction of sp³-hybridized carbons (Fsp3) is 0.0556. The molecule has 0 spiro atoms. The van der Waals surface area contributed by atoms with Crippen LogP contribution in [0.15, 0.2) is 36.4 Å². The van der Waals surface area contributed by atoms with E-state index in [9.17, 15) is 5.26 Å². The predicted molar refractivity (Wildman–Crippen MR) is 102 cm³/mol. The maximum absolute atomic E-state index is 9.57. The van der Waals surface area contributed by atoms with Crippen LogP contribution in [0.4, 0.5) is 0 Å². The van der Waals surface area contributed by atoms with Crippen LogP contribution in [-0.2, 0) is 0 Å². The average Bonchev–Trinajstić information content (AvgIpc) is 2.95. The SMILES string of the molecule is Cc1ccccc1Oc1nc2sc3cc(Cl)c(Cl)cc3n2c(=N)c1C#N. The van der Waals surface area contributed by atoms with E-state index in [1.165, 1.54) is 11.3 Å². The molecule has 0 aliphatic carbocycles. The molecule has 0 amide bonds. The molecule has 0 atom stereocenters. The second kappa shape index (κ2) is 6.29. The molecule has 26 heavy (non-hydrogen) atoms. The minimum Gasteiger partial charge on any atom is -0.437 e. The smallest absolute Gasteiger partial charge is 0.243 e. The van der Waals surface area contributed by atoms with Crippen molar-refractivity contribution in [3.8, 4) is 17.7 Å². The molecule has 2 aromatic carbocycles. The quantitative estimate of drug-likeness (QED) is 0.495. The molecule has 0 fully saturated rings.